The number of thioether (sulfide) groups is 1. The number of benzene rings is 1. The number of rotatable bonds is 6. The number of non-ortho nitro benzene ring substituents is 1. The van der Waals surface area contributed by atoms with Gasteiger partial charge >= 0.3 is 0 Å². The average molecular weight is 451 g/mol. The van der Waals surface area contributed by atoms with Gasteiger partial charge in [-0.3, -0.25) is 14.9 Å². The Hall–Kier alpha value is -2.44. The Bertz CT molecular complexity index is 879. The van der Waals surface area contributed by atoms with Crippen LogP contribution in [0, 0.1) is 10.1 Å². The molecule has 2 aliphatic heterocycles. The molecule has 4 rings (SSSR count). The summed E-state index contributed by atoms with van der Waals surface area (Å²) >= 11 is 2.94. The minimum absolute atomic E-state index is 0.0815. The van der Waals surface area contributed by atoms with Gasteiger partial charge in [-0.1, -0.05) is 23.1 Å². The first-order valence-corrected chi connectivity index (χ1v) is 11.5. The van der Waals surface area contributed by atoms with Crippen molar-refractivity contribution in [1.29, 1.82) is 0 Å². The first-order chi connectivity index (χ1) is 14.6. The summed E-state index contributed by atoms with van der Waals surface area (Å²) in [5, 5.41) is 20.1. The van der Waals surface area contributed by atoms with E-state index in [0.717, 1.165) is 28.2 Å². The molecule has 0 unspecified atom stereocenters. The van der Waals surface area contributed by atoms with Gasteiger partial charge in [0.15, 0.2) is 4.34 Å². The van der Waals surface area contributed by atoms with Gasteiger partial charge in [0.25, 0.3) is 5.69 Å². The highest BCUT2D eigenvalue weighted by Crippen LogP contribution is 2.29. The van der Waals surface area contributed by atoms with Gasteiger partial charge < -0.3 is 19.4 Å². The van der Waals surface area contributed by atoms with E-state index in [9.17, 15) is 14.9 Å². The maximum Gasteiger partial charge on any atom is 0.269 e. The molecule has 10 nitrogen and oxygen atoms in total. The van der Waals surface area contributed by atoms with Crippen LogP contribution >= 0.6 is 23.1 Å². The molecule has 2 saturated heterocycles. The standard InChI is InChI=1S/C18H22N6O4S2/c25-16(13-29-18-20-19-17(30-18)23-9-11-28-12-10-23)22-7-5-21(6-8-22)14-1-3-15(4-2-14)24(26)27/h1-4H,5-13H2. The molecule has 2 fully saturated rings. The number of hydrogen-bond acceptors (Lipinski definition) is 10. The zero-order valence-corrected chi connectivity index (χ0v) is 17.9. The number of carbonyl (C=O) groups excluding carboxylic acids is 1. The zero-order chi connectivity index (χ0) is 20.9. The van der Waals surface area contributed by atoms with Gasteiger partial charge in [-0.05, 0) is 12.1 Å². The Labute approximate surface area is 182 Å². The van der Waals surface area contributed by atoms with Crippen molar-refractivity contribution in [3.63, 3.8) is 0 Å². The van der Waals surface area contributed by atoms with Crippen LogP contribution in [0.2, 0.25) is 0 Å². The van der Waals surface area contributed by atoms with Gasteiger partial charge in [0.1, 0.15) is 0 Å². The monoisotopic (exact) mass is 450 g/mol. The topological polar surface area (TPSA) is 105 Å². The molecule has 1 aromatic carbocycles. The Balaban J connectivity index is 1.23. The molecule has 0 aliphatic carbocycles. The largest absolute Gasteiger partial charge is 0.378 e. The Kier molecular flexibility index (Phi) is 6.65. The van der Waals surface area contributed by atoms with Crippen molar-refractivity contribution in [2.75, 3.05) is 68.0 Å². The molecule has 0 bridgehead atoms. The number of aromatic nitrogens is 2. The number of carbonyl (C=O) groups is 1. The van der Waals surface area contributed by atoms with E-state index in [0.29, 0.717) is 45.1 Å². The minimum Gasteiger partial charge on any atom is -0.378 e. The van der Waals surface area contributed by atoms with E-state index in [1.165, 1.54) is 35.2 Å². The summed E-state index contributed by atoms with van der Waals surface area (Å²) in [5.41, 5.74) is 1.02. The number of nitro groups is 1. The maximum absolute atomic E-state index is 12.6. The van der Waals surface area contributed by atoms with Crippen molar-refractivity contribution < 1.29 is 14.5 Å². The molecule has 0 saturated carbocycles. The second-order valence-corrected chi connectivity index (χ2v) is 9.06. The fourth-order valence-corrected chi connectivity index (χ4v) is 5.15. The van der Waals surface area contributed by atoms with Gasteiger partial charge in [-0.2, -0.15) is 0 Å². The van der Waals surface area contributed by atoms with E-state index in [-0.39, 0.29) is 11.6 Å². The highest BCUT2D eigenvalue weighted by atomic mass is 32.2. The molecule has 0 atom stereocenters. The fourth-order valence-electron chi connectivity index (χ4n) is 3.36. The predicted octanol–water partition coefficient (Wildman–Crippen LogP) is 1.72. The van der Waals surface area contributed by atoms with E-state index in [1.807, 2.05) is 4.90 Å². The number of nitrogens with zero attached hydrogens (tertiary/aromatic N) is 6. The van der Waals surface area contributed by atoms with Gasteiger partial charge in [0.05, 0.1) is 23.9 Å². The van der Waals surface area contributed by atoms with Gasteiger partial charge in [0, 0.05) is 57.1 Å². The zero-order valence-electron chi connectivity index (χ0n) is 16.3. The Morgan fingerprint density at radius 3 is 2.43 bits per heavy atom. The fraction of sp³-hybridized carbons (Fsp3) is 0.500. The third-order valence-corrected chi connectivity index (χ3v) is 7.16. The Morgan fingerprint density at radius 2 is 1.77 bits per heavy atom. The number of morpholine rings is 1. The lowest BCUT2D eigenvalue weighted by Gasteiger charge is -2.36. The SMILES string of the molecule is O=C(CSc1nnc(N2CCOCC2)s1)N1CCN(c2ccc([N+](=O)[O-])cc2)CC1. The van der Waals surface area contributed by atoms with E-state index >= 15 is 0 Å². The van der Waals surface area contributed by atoms with Crippen molar-refractivity contribution in [3.05, 3.63) is 34.4 Å². The molecule has 160 valence electrons. The smallest absolute Gasteiger partial charge is 0.269 e. The third-order valence-electron chi connectivity index (χ3n) is 5.05. The van der Waals surface area contributed by atoms with Gasteiger partial charge in [0.2, 0.25) is 11.0 Å². The lowest BCUT2D eigenvalue weighted by Crippen LogP contribution is -2.49. The highest BCUT2D eigenvalue weighted by molar-refractivity contribution is 8.01. The predicted molar refractivity (Wildman–Crippen MR) is 116 cm³/mol. The second-order valence-electron chi connectivity index (χ2n) is 6.88. The van der Waals surface area contributed by atoms with E-state index in [4.69, 9.17) is 4.74 Å². The summed E-state index contributed by atoms with van der Waals surface area (Å²) in [6.07, 6.45) is 0. The molecule has 1 aromatic heterocycles. The summed E-state index contributed by atoms with van der Waals surface area (Å²) in [4.78, 5) is 29.1. The third kappa shape index (κ3) is 4.99. The summed E-state index contributed by atoms with van der Waals surface area (Å²) in [5.74, 6) is 0.432. The second kappa shape index (κ2) is 9.58. The van der Waals surface area contributed by atoms with E-state index in [1.54, 1.807) is 12.1 Å². The molecule has 2 aliphatic rings. The number of ether oxygens (including phenoxy) is 1. The lowest BCUT2D eigenvalue weighted by molar-refractivity contribution is -0.384. The number of amides is 1. The van der Waals surface area contributed by atoms with Crippen molar-refractivity contribution in [3.8, 4) is 0 Å². The van der Waals surface area contributed by atoms with Gasteiger partial charge in [-0.15, -0.1) is 10.2 Å². The molecule has 30 heavy (non-hydrogen) atoms. The number of nitro benzene ring substituents is 1. The van der Waals surface area contributed by atoms with Crippen LogP contribution in [0.3, 0.4) is 0 Å². The van der Waals surface area contributed by atoms with Crippen LogP contribution in [0.4, 0.5) is 16.5 Å². The molecular weight excluding hydrogens is 428 g/mol. The van der Waals surface area contributed by atoms with Crippen LogP contribution in [0.25, 0.3) is 0 Å². The van der Waals surface area contributed by atoms with E-state index in [2.05, 4.69) is 20.0 Å². The molecule has 0 N–H and O–H groups in total. The average Bonchev–Trinajstić information content (AvgIpc) is 3.27. The summed E-state index contributed by atoms with van der Waals surface area (Å²) < 4.78 is 6.15. The van der Waals surface area contributed by atoms with Crippen molar-refractivity contribution in [1.82, 2.24) is 15.1 Å². The molecule has 12 heteroatoms. The van der Waals surface area contributed by atoms with Crippen LogP contribution < -0.4 is 9.80 Å². The first-order valence-electron chi connectivity index (χ1n) is 9.66. The Morgan fingerprint density at radius 1 is 1.07 bits per heavy atom. The van der Waals surface area contributed by atoms with Crippen LogP contribution in [-0.4, -0.2) is 84.2 Å². The molecule has 2 aromatic rings. The van der Waals surface area contributed by atoms with Crippen LogP contribution in [0.1, 0.15) is 0 Å². The minimum atomic E-state index is -0.403. The van der Waals surface area contributed by atoms with Crippen molar-refractivity contribution in [2.45, 2.75) is 4.34 Å². The van der Waals surface area contributed by atoms with Crippen LogP contribution in [0.15, 0.2) is 28.6 Å². The quantitative estimate of drug-likeness (QED) is 0.369. The molecule has 0 radical (unpaired) electrons. The molecular formula is C18H22N6O4S2. The number of hydrogen-bond donors (Lipinski definition) is 0. The van der Waals surface area contributed by atoms with Crippen LogP contribution in [0.5, 0.6) is 0 Å². The molecule has 3 heterocycles. The van der Waals surface area contributed by atoms with E-state index < -0.39 is 4.92 Å². The highest BCUT2D eigenvalue weighted by Gasteiger charge is 2.23. The first kappa shape index (κ1) is 20.8. The summed E-state index contributed by atoms with van der Waals surface area (Å²) in [6.45, 7) is 5.70. The number of anilines is 2. The number of piperazine rings is 1. The summed E-state index contributed by atoms with van der Waals surface area (Å²) in [7, 11) is 0. The lowest BCUT2D eigenvalue weighted by atomic mass is 10.2. The van der Waals surface area contributed by atoms with Crippen molar-refractivity contribution >= 4 is 45.5 Å². The van der Waals surface area contributed by atoms with Gasteiger partial charge in [-0.25, -0.2) is 0 Å². The molecule has 0 spiro atoms. The maximum atomic E-state index is 12.6. The normalized spacial score (nSPS) is 17.3. The van der Waals surface area contributed by atoms with Crippen LogP contribution in [-0.2, 0) is 9.53 Å². The summed E-state index contributed by atoms with van der Waals surface area (Å²) in [6, 6.07) is 6.54. The molecule has 1 amide bonds. The van der Waals surface area contributed by atoms with Crippen molar-refractivity contribution in [2.24, 2.45) is 0 Å².